The molecular formula is C17H18FN3O2S. The molecule has 0 saturated carbocycles. The van der Waals surface area contributed by atoms with Gasteiger partial charge in [-0.15, -0.1) is 0 Å². The third-order valence-electron chi connectivity index (χ3n) is 4.85. The summed E-state index contributed by atoms with van der Waals surface area (Å²) in [5.41, 5.74) is 2.16. The van der Waals surface area contributed by atoms with E-state index in [1.54, 1.807) is 10.5 Å². The summed E-state index contributed by atoms with van der Waals surface area (Å²) in [5, 5.41) is 4.19. The summed E-state index contributed by atoms with van der Waals surface area (Å²) >= 11 is 0. The van der Waals surface area contributed by atoms with E-state index < -0.39 is 15.8 Å². The largest absolute Gasteiger partial charge is 0.268 e. The number of nitrogens with zero attached hydrogens (tertiary/aromatic N) is 3. The minimum Gasteiger partial charge on any atom is -0.268 e. The molecule has 0 amide bonds. The summed E-state index contributed by atoms with van der Waals surface area (Å²) in [6.45, 7) is 0. The number of rotatable bonds is 3. The van der Waals surface area contributed by atoms with Crippen molar-refractivity contribution in [3.63, 3.8) is 0 Å². The Bertz CT molecular complexity index is 919. The lowest BCUT2D eigenvalue weighted by molar-refractivity contribution is 0.345. The molecule has 24 heavy (non-hydrogen) atoms. The third kappa shape index (κ3) is 2.39. The van der Waals surface area contributed by atoms with Crippen LogP contribution in [-0.4, -0.2) is 34.6 Å². The van der Waals surface area contributed by atoms with E-state index in [0.29, 0.717) is 6.42 Å². The highest BCUT2D eigenvalue weighted by atomic mass is 32.2. The van der Waals surface area contributed by atoms with Crippen molar-refractivity contribution in [1.29, 1.82) is 0 Å². The molecule has 2 bridgehead atoms. The van der Waals surface area contributed by atoms with Gasteiger partial charge in [0.25, 0.3) is 0 Å². The lowest BCUT2D eigenvalue weighted by atomic mass is 10.0. The van der Waals surface area contributed by atoms with E-state index in [1.165, 1.54) is 18.2 Å². The smallest absolute Gasteiger partial charge is 0.243 e. The zero-order valence-electron chi connectivity index (χ0n) is 13.3. The fourth-order valence-corrected chi connectivity index (χ4v) is 5.64. The van der Waals surface area contributed by atoms with Gasteiger partial charge in [-0.3, -0.25) is 4.68 Å². The Morgan fingerprint density at radius 1 is 1.25 bits per heavy atom. The lowest BCUT2D eigenvalue weighted by Crippen LogP contribution is -2.42. The summed E-state index contributed by atoms with van der Waals surface area (Å²) in [5.74, 6) is -0.536. The van der Waals surface area contributed by atoms with Crippen molar-refractivity contribution in [3.05, 3.63) is 54.1 Å². The van der Waals surface area contributed by atoms with Crippen LogP contribution in [0.1, 0.15) is 25.0 Å². The first-order valence-corrected chi connectivity index (χ1v) is 9.39. The number of aromatic nitrogens is 2. The van der Waals surface area contributed by atoms with Gasteiger partial charge in [-0.05, 0) is 49.1 Å². The van der Waals surface area contributed by atoms with Gasteiger partial charge in [0, 0.05) is 25.3 Å². The van der Waals surface area contributed by atoms with Crippen molar-refractivity contribution >= 4 is 15.6 Å². The van der Waals surface area contributed by atoms with Gasteiger partial charge in [-0.25, -0.2) is 12.8 Å². The standard InChI is InChI=1S/C17H18FN3O2S/c1-20-17(7-8-19-20)12-9-14-5-6-15(10-12)21(14)24(22,23)16-4-2-3-13(18)11-16/h2-4,7-9,11,14-15H,5-6,10H2,1H3. The molecule has 2 unspecified atom stereocenters. The predicted octanol–water partition coefficient (Wildman–Crippen LogP) is 2.57. The second-order valence-corrected chi connectivity index (χ2v) is 8.17. The minimum atomic E-state index is -3.70. The summed E-state index contributed by atoms with van der Waals surface area (Å²) in [4.78, 5) is 0.0248. The van der Waals surface area contributed by atoms with E-state index in [-0.39, 0.29) is 17.0 Å². The van der Waals surface area contributed by atoms with Crippen LogP contribution in [-0.2, 0) is 17.1 Å². The first kappa shape index (κ1) is 15.5. The number of hydrogen-bond acceptors (Lipinski definition) is 3. The topological polar surface area (TPSA) is 55.2 Å². The molecular weight excluding hydrogens is 329 g/mol. The van der Waals surface area contributed by atoms with Crippen LogP contribution in [0.5, 0.6) is 0 Å². The summed E-state index contributed by atoms with van der Waals surface area (Å²) in [7, 11) is -1.81. The number of benzene rings is 1. The van der Waals surface area contributed by atoms with Gasteiger partial charge in [-0.1, -0.05) is 12.1 Å². The van der Waals surface area contributed by atoms with Gasteiger partial charge in [0.2, 0.25) is 10.0 Å². The van der Waals surface area contributed by atoms with Crippen molar-refractivity contribution in [2.75, 3.05) is 0 Å². The zero-order valence-corrected chi connectivity index (χ0v) is 14.1. The molecule has 0 aliphatic carbocycles. The number of sulfonamides is 1. The van der Waals surface area contributed by atoms with Crippen molar-refractivity contribution in [3.8, 4) is 0 Å². The maximum atomic E-state index is 13.5. The van der Waals surface area contributed by atoms with E-state index in [0.717, 1.165) is 30.2 Å². The molecule has 3 heterocycles. The molecule has 126 valence electrons. The molecule has 0 radical (unpaired) electrons. The number of fused-ring (bicyclic) bond motifs is 2. The molecule has 2 aliphatic heterocycles. The number of aryl methyl sites for hydroxylation is 1. The molecule has 1 aromatic carbocycles. The Kier molecular flexibility index (Phi) is 3.58. The molecule has 7 heteroatoms. The van der Waals surface area contributed by atoms with Crippen LogP contribution in [0, 0.1) is 5.82 Å². The quantitative estimate of drug-likeness (QED) is 0.857. The Morgan fingerprint density at radius 2 is 2.08 bits per heavy atom. The van der Waals surface area contributed by atoms with E-state index in [1.807, 2.05) is 23.9 Å². The van der Waals surface area contributed by atoms with Crippen LogP contribution in [0.15, 0.2) is 47.5 Å². The van der Waals surface area contributed by atoms with E-state index in [9.17, 15) is 12.8 Å². The molecule has 2 aliphatic rings. The molecule has 0 N–H and O–H groups in total. The van der Waals surface area contributed by atoms with Crippen molar-refractivity contribution < 1.29 is 12.8 Å². The van der Waals surface area contributed by atoms with Crippen molar-refractivity contribution in [2.45, 2.75) is 36.2 Å². The summed E-state index contributed by atoms with van der Waals surface area (Å²) < 4.78 is 42.8. The average molecular weight is 347 g/mol. The summed E-state index contributed by atoms with van der Waals surface area (Å²) in [6, 6.07) is 6.92. The average Bonchev–Trinajstić information content (AvgIpc) is 3.09. The normalized spacial score (nSPS) is 24.2. The predicted molar refractivity (Wildman–Crippen MR) is 88.0 cm³/mol. The fourth-order valence-electron chi connectivity index (χ4n) is 3.79. The van der Waals surface area contributed by atoms with Crippen LogP contribution < -0.4 is 0 Å². The van der Waals surface area contributed by atoms with Gasteiger partial charge in [0.05, 0.1) is 10.6 Å². The third-order valence-corrected chi connectivity index (χ3v) is 6.83. The monoisotopic (exact) mass is 347 g/mol. The maximum Gasteiger partial charge on any atom is 0.243 e. The molecule has 2 atom stereocenters. The molecule has 1 saturated heterocycles. The van der Waals surface area contributed by atoms with Gasteiger partial charge >= 0.3 is 0 Å². The van der Waals surface area contributed by atoms with Crippen molar-refractivity contribution in [1.82, 2.24) is 14.1 Å². The van der Waals surface area contributed by atoms with Gasteiger partial charge in [-0.2, -0.15) is 9.40 Å². The second-order valence-electron chi connectivity index (χ2n) is 6.33. The summed E-state index contributed by atoms with van der Waals surface area (Å²) in [6.07, 6.45) is 6.04. The minimum absolute atomic E-state index is 0.0248. The Hall–Kier alpha value is -1.99. The highest BCUT2D eigenvalue weighted by Crippen LogP contribution is 2.41. The van der Waals surface area contributed by atoms with E-state index >= 15 is 0 Å². The maximum absolute atomic E-state index is 13.5. The molecule has 4 rings (SSSR count). The van der Waals surface area contributed by atoms with Crippen LogP contribution >= 0.6 is 0 Å². The SMILES string of the molecule is Cn1nccc1C1=CC2CCC(C1)N2S(=O)(=O)c1cccc(F)c1. The molecule has 5 nitrogen and oxygen atoms in total. The van der Waals surface area contributed by atoms with Crippen LogP contribution in [0.4, 0.5) is 4.39 Å². The fraction of sp³-hybridized carbons (Fsp3) is 0.353. The lowest BCUT2D eigenvalue weighted by Gasteiger charge is -2.33. The van der Waals surface area contributed by atoms with E-state index in [4.69, 9.17) is 0 Å². The van der Waals surface area contributed by atoms with Crippen LogP contribution in [0.2, 0.25) is 0 Å². The van der Waals surface area contributed by atoms with Gasteiger partial charge in [0.15, 0.2) is 0 Å². The first-order valence-electron chi connectivity index (χ1n) is 7.95. The number of halogens is 1. The highest BCUT2D eigenvalue weighted by molar-refractivity contribution is 7.89. The Morgan fingerprint density at radius 3 is 2.75 bits per heavy atom. The Balaban J connectivity index is 1.72. The van der Waals surface area contributed by atoms with Crippen molar-refractivity contribution in [2.24, 2.45) is 7.05 Å². The van der Waals surface area contributed by atoms with E-state index in [2.05, 4.69) is 5.10 Å². The number of hydrogen-bond donors (Lipinski definition) is 0. The highest BCUT2D eigenvalue weighted by Gasteiger charge is 2.44. The van der Waals surface area contributed by atoms with Gasteiger partial charge in [0.1, 0.15) is 5.82 Å². The first-order chi connectivity index (χ1) is 11.5. The molecule has 2 aromatic rings. The Labute approximate surface area is 140 Å². The molecule has 1 aromatic heterocycles. The van der Waals surface area contributed by atoms with Crippen LogP contribution in [0.25, 0.3) is 5.57 Å². The molecule has 0 spiro atoms. The van der Waals surface area contributed by atoms with Gasteiger partial charge < -0.3 is 0 Å². The second kappa shape index (κ2) is 5.53. The van der Waals surface area contributed by atoms with Crippen LogP contribution in [0.3, 0.4) is 0 Å². The molecule has 1 fully saturated rings. The zero-order chi connectivity index (χ0) is 16.9.